The molecule has 1 atom stereocenters. The fourth-order valence-corrected chi connectivity index (χ4v) is 10.5. The highest BCUT2D eigenvalue weighted by molar-refractivity contribution is 5.71. The van der Waals surface area contributed by atoms with Crippen molar-refractivity contribution in [3.8, 4) is 0 Å². The molecule has 0 fully saturated rings. The first-order chi connectivity index (χ1) is 40.5. The molecule has 6 heteroatoms. The number of carbonyl (C=O) groups excluding carboxylic acids is 3. The van der Waals surface area contributed by atoms with E-state index in [4.69, 9.17) is 14.2 Å². The van der Waals surface area contributed by atoms with Gasteiger partial charge in [-0.2, -0.15) is 0 Å². The lowest BCUT2D eigenvalue weighted by atomic mass is 10.0. The smallest absolute Gasteiger partial charge is 0.306 e. The summed E-state index contributed by atoms with van der Waals surface area (Å²) < 4.78 is 17.0. The van der Waals surface area contributed by atoms with E-state index in [9.17, 15) is 14.4 Å². The number of hydrogen-bond acceptors (Lipinski definition) is 6. The minimum Gasteiger partial charge on any atom is -0.462 e. The Morgan fingerprint density at radius 1 is 0.256 bits per heavy atom. The predicted octanol–water partition coefficient (Wildman–Crippen LogP) is 24.8. The summed E-state index contributed by atoms with van der Waals surface area (Å²) in [7, 11) is 0. The van der Waals surface area contributed by atoms with Crippen LogP contribution in [-0.4, -0.2) is 37.2 Å². The molecule has 0 heterocycles. The van der Waals surface area contributed by atoms with Gasteiger partial charge in [0.15, 0.2) is 6.10 Å². The fourth-order valence-electron chi connectivity index (χ4n) is 10.5. The second-order valence-electron chi connectivity index (χ2n) is 24.1. The van der Waals surface area contributed by atoms with Gasteiger partial charge in [0.05, 0.1) is 0 Å². The van der Waals surface area contributed by atoms with Crippen molar-refractivity contribution in [1.82, 2.24) is 0 Å². The molecular formula is C76H136O6. The average Bonchev–Trinajstić information content (AvgIpc) is 3.47. The molecule has 0 spiro atoms. The normalized spacial score (nSPS) is 12.5. The molecule has 0 aliphatic rings. The van der Waals surface area contributed by atoms with Crippen LogP contribution in [0.4, 0.5) is 0 Å². The van der Waals surface area contributed by atoms with Gasteiger partial charge in [0.25, 0.3) is 0 Å². The van der Waals surface area contributed by atoms with Crippen LogP contribution in [0.5, 0.6) is 0 Å². The highest BCUT2D eigenvalue weighted by atomic mass is 16.6. The summed E-state index contributed by atoms with van der Waals surface area (Å²) in [5.41, 5.74) is 0. The maximum Gasteiger partial charge on any atom is 0.306 e. The summed E-state index contributed by atoms with van der Waals surface area (Å²) in [6.45, 7) is 6.55. The Balaban J connectivity index is 4.26. The third kappa shape index (κ3) is 67.6. The van der Waals surface area contributed by atoms with E-state index < -0.39 is 6.10 Å². The van der Waals surface area contributed by atoms with Gasteiger partial charge in [-0.15, -0.1) is 0 Å². The average molecular weight is 1150 g/mol. The number of ether oxygens (including phenoxy) is 3. The molecule has 0 saturated heterocycles. The van der Waals surface area contributed by atoms with Crippen molar-refractivity contribution in [2.24, 2.45) is 0 Å². The number of carbonyl (C=O) groups is 3. The van der Waals surface area contributed by atoms with Crippen LogP contribution in [0.25, 0.3) is 0 Å². The largest absolute Gasteiger partial charge is 0.462 e. The molecule has 1 unspecified atom stereocenters. The summed E-state index contributed by atoms with van der Waals surface area (Å²) >= 11 is 0. The zero-order valence-electron chi connectivity index (χ0n) is 54.8. The lowest BCUT2D eigenvalue weighted by Gasteiger charge is -2.18. The van der Waals surface area contributed by atoms with Crippen molar-refractivity contribution in [1.29, 1.82) is 0 Å². The van der Waals surface area contributed by atoms with Crippen LogP contribution in [0.2, 0.25) is 0 Å². The standard InChI is InChI=1S/C76H136O6/c1-4-7-10-13-16-19-22-25-28-31-33-34-35-36-37-38-39-40-41-42-43-46-48-51-54-57-60-63-66-69-75(78)81-72-73(71-80-74(77)68-65-62-59-56-53-50-47-44-30-27-24-21-18-15-12-9-6-3)82-76(79)70-67-64-61-58-55-52-49-45-32-29-26-23-20-17-14-11-8-5-2/h9,12,18,20-21,23,27,29-33,73H,4-8,10-11,13-17,19,22,24-26,28,34-72H2,1-3H3/b12-9-,21-18-,23-20-,30-27-,32-29-,33-31-. The zero-order valence-corrected chi connectivity index (χ0v) is 54.8. The summed E-state index contributed by atoms with van der Waals surface area (Å²) in [5, 5.41) is 0. The monoisotopic (exact) mass is 1150 g/mol. The molecule has 82 heavy (non-hydrogen) atoms. The lowest BCUT2D eigenvalue weighted by Crippen LogP contribution is -2.30. The van der Waals surface area contributed by atoms with E-state index in [0.717, 1.165) is 96.3 Å². The van der Waals surface area contributed by atoms with E-state index >= 15 is 0 Å². The van der Waals surface area contributed by atoms with Gasteiger partial charge < -0.3 is 14.2 Å². The molecular weight excluding hydrogens is 1010 g/mol. The van der Waals surface area contributed by atoms with E-state index in [0.29, 0.717) is 19.3 Å². The highest BCUT2D eigenvalue weighted by Crippen LogP contribution is 2.18. The Kier molecular flexibility index (Phi) is 67.6. The first-order valence-electron chi connectivity index (χ1n) is 35.9. The molecule has 0 bridgehead atoms. The SMILES string of the molecule is CC/C=C\C/C=C\C/C=C\CCCCCCCCCC(=O)OCC(COC(=O)CCCCCCCCCCCCCCCCCCC/C=C\CCCCCCCCCC)OC(=O)CCCCCCCCC/C=C\C/C=C\CCCCCC. The number of hydrogen-bond donors (Lipinski definition) is 0. The highest BCUT2D eigenvalue weighted by Gasteiger charge is 2.19. The van der Waals surface area contributed by atoms with E-state index in [1.165, 1.54) is 238 Å². The third-order valence-electron chi connectivity index (χ3n) is 15.9. The molecule has 476 valence electrons. The van der Waals surface area contributed by atoms with Crippen LogP contribution >= 0.6 is 0 Å². The van der Waals surface area contributed by atoms with Crippen molar-refractivity contribution in [2.75, 3.05) is 13.2 Å². The molecule has 0 aromatic rings. The Morgan fingerprint density at radius 2 is 0.476 bits per heavy atom. The van der Waals surface area contributed by atoms with Gasteiger partial charge in [0.1, 0.15) is 13.2 Å². The van der Waals surface area contributed by atoms with Crippen molar-refractivity contribution >= 4 is 17.9 Å². The number of unbranched alkanes of at least 4 members (excludes halogenated alkanes) is 43. The van der Waals surface area contributed by atoms with Crippen LogP contribution in [0, 0.1) is 0 Å². The van der Waals surface area contributed by atoms with Gasteiger partial charge in [0.2, 0.25) is 0 Å². The second kappa shape index (κ2) is 70.3. The quantitative estimate of drug-likeness (QED) is 0.0261. The second-order valence-corrected chi connectivity index (χ2v) is 24.1. The molecule has 6 nitrogen and oxygen atoms in total. The van der Waals surface area contributed by atoms with Gasteiger partial charge in [0, 0.05) is 19.3 Å². The van der Waals surface area contributed by atoms with Crippen LogP contribution < -0.4 is 0 Å². The fraction of sp³-hybridized carbons (Fsp3) is 0.803. The van der Waals surface area contributed by atoms with Gasteiger partial charge in [-0.05, 0) is 109 Å². The lowest BCUT2D eigenvalue weighted by molar-refractivity contribution is -0.167. The number of rotatable bonds is 66. The Labute approximate surface area is 510 Å². The van der Waals surface area contributed by atoms with Crippen LogP contribution in [0.15, 0.2) is 72.9 Å². The maximum absolute atomic E-state index is 12.9. The molecule has 0 aromatic heterocycles. The van der Waals surface area contributed by atoms with E-state index in [2.05, 4.69) is 93.7 Å². The summed E-state index contributed by atoms with van der Waals surface area (Å²) in [6.07, 6.45) is 92.2. The van der Waals surface area contributed by atoms with E-state index in [-0.39, 0.29) is 31.1 Å². The molecule has 0 N–H and O–H groups in total. The molecule has 0 radical (unpaired) electrons. The zero-order chi connectivity index (χ0) is 59.2. The van der Waals surface area contributed by atoms with Gasteiger partial charge in [-0.3, -0.25) is 14.4 Å². The molecule has 0 aromatic carbocycles. The van der Waals surface area contributed by atoms with Crippen LogP contribution in [-0.2, 0) is 28.6 Å². The predicted molar refractivity (Wildman–Crippen MR) is 358 cm³/mol. The van der Waals surface area contributed by atoms with E-state index in [1.807, 2.05) is 0 Å². The van der Waals surface area contributed by atoms with Crippen molar-refractivity contribution in [2.45, 2.75) is 380 Å². The molecule has 0 aliphatic heterocycles. The van der Waals surface area contributed by atoms with Crippen molar-refractivity contribution < 1.29 is 28.6 Å². The summed E-state index contributed by atoms with van der Waals surface area (Å²) in [5.74, 6) is -0.876. The minimum atomic E-state index is -0.785. The number of esters is 3. The van der Waals surface area contributed by atoms with Crippen LogP contribution in [0.3, 0.4) is 0 Å². The molecule has 0 rings (SSSR count). The summed E-state index contributed by atoms with van der Waals surface area (Å²) in [6, 6.07) is 0. The van der Waals surface area contributed by atoms with Crippen molar-refractivity contribution in [3.05, 3.63) is 72.9 Å². The van der Waals surface area contributed by atoms with E-state index in [1.54, 1.807) is 0 Å². The van der Waals surface area contributed by atoms with Gasteiger partial charge in [-0.1, -0.05) is 318 Å². The Bertz CT molecular complexity index is 1500. The first kappa shape index (κ1) is 78.8. The molecule has 0 amide bonds. The molecule has 0 saturated carbocycles. The first-order valence-corrected chi connectivity index (χ1v) is 35.9. The van der Waals surface area contributed by atoms with Crippen molar-refractivity contribution in [3.63, 3.8) is 0 Å². The maximum atomic E-state index is 12.9. The van der Waals surface area contributed by atoms with Crippen LogP contribution in [0.1, 0.15) is 374 Å². The third-order valence-corrected chi connectivity index (χ3v) is 15.9. The minimum absolute atomic E-state index is 0.0790. The Morgan fingerprint density at radius 3 is 0.768 bits per heavy atom. The number of allylic oxidation sites excluding steroid dienone is 12. The topological polar surface area (TPSA) is 78.9 Å². The Hall–Kier alpha value is -3.15. The molecule has 0 aliphatic carbocycles. The van der Waals surface area contributed by atoms with Gasteiger partial charge in [-0.25, -0.2) is 0 Å². The summed E-state index contributed by atoms with van der Waals surface area (Å²) in [4.78, 5) is 38.5. The van der Waals surface area contributed by atoms with Gasteiger partial charge >= 0.3 is 17.9 Å².